The highest BCUT2D eigenvalue weighted by molar-refractivity contribution is 6.46. The minimum atomic E-state index is -0.971. The molecule has 0 saturated carbocycles. The Morgan fingerprint density at radius 2 is 1.68 bits per heavy atom. The Balaban J connectivity index is 2.46. The van der Waals surface area contributed by atoms with Crippen LogP contribution < -0.4 is 5.32 Å². The zero-order valence-electron chi connectivity index (χ0n) is 11.8. The van der Waals surface area contributed by atoms with Crippen LogP contribution in [0.5, 0.6) is 5.75 Å². The van der Waals surface area contributed by atoms with Gasteiger partial charge in [0.1, 0.15) is 10.6 Å². The molecule has 2 N–H and O–H groups in total. The highest BCUT2D eigenvalue weighted by Gasteiger charge is 2.25. The van der Waals surface area contributed by atoms with Gasteiger partial charge in [-0.3, -0.25) is 25.0 Å². The van der Waals surface area contributed by atoms with E-state index in [2.05, 4.69) is 5.32 Å². The van der Waals surface area contributed by atoms with Crippen molar-refractivity contribution in [1.82, 2.24) is 0 Å². The van der Waals surface area contributed by atoms with Crippen LogP contribution in [0.25, 0.3) is 0 Å². The van der Waals surface area contributed by atoms with Crippen molar-refractivity contribution in [2.24, 2.45) is 0 Å². The predicted molar refractivity (Wildman–Crippen MR) is 90.8 cm³/mol. The highest BCUT2D eigenvalue weighted by atomic mass is 35.5. The number of nitro groups is 2. The Kier molecular flexibility index (Phi) is 5.31. The lowest BCUT2D eigenvalue weighted by atomic mass is 10.1. The Hall–Kier alpha value is -2.62. The molecule has 25 heavy (non-hydrogen) atoms. The third-order valence-corrected chi connectivity index (χ3v) is 4.16. The van der Waals surface area contributed by atoms with Crippen LogP contribution in [0.1, 0.15) is 10.4 Å². The van der Waals surface area contributed by atoms with Crippen molar-refractivity contribution in [3.63, 3.8) is 0 Å². The summed E-state index contributed by atoms with van der Waals surface area (Å²) in [6, 6.07) is 3.64. The number of nitro benzene ring substituents is 2. The van der Waals surface area contributed by atoms with Crippen LogP contribution in [0.15, 0.2) is 24.3 Å². The number of phenols is 1. The molecular weight excluding hydrogens is 401 g/mol. The Morgan fingerprint density at radius 3 is 2.24 bits per heavy atom. The molecule has 0 aromatic heterocycles. The lowest BCUT2D eigenvalue weighted by molar-refractivity contribution is -0.394. The van der Waals surface area contributed by atoms with Crippen LogP contribution in [0.4, 0.5) is 17.1 Å². The van der Waals surface area contributed by atoms with Crippen molar-refractivity contribution in [2.45, 2.75) is 0 Å². The number of anilines is 1. The summed E-state index contributed by atoms with van der Waals surface area (Å²) in [4.78, 5) is 32.3. The number of nitrogens with zero attached hydrogens (tertiary/aromatic N) is 2. The Morgan fingerprint density at radius 1 is 1.04 bits per heavy atom. The van der Waals surface area contributed by atoms with Crippen molar-refractivity contribution in [2.75, 3.05) is 5.32 Å². The third kappa shape index (κ3) is 3.73. The molecule has 0 aliphatic carbocycles. The first kappa shape index (κ1) is 18.7. The van der Waals surface area contributed by atoms with E-state index in [4.69, 9.17) is 34.8 Å². The van der Waals surface area contributed by atoms with E-state index in [1.165, 1.54) is 0 Å². The van der Waals surface area contributed by atoms with Gasteiger partial charge in [0.05, 0.1) is 31.6 Å². The van der Waals surface area contributed by atoms with Crippen molar-refractivity contribution >= 4 is 57.8 Å². The van der Waals surface area contributed by atoms with E-state index < -0.39 is 38.4 Å². The molecule has 12 heteroatoms. The number of hydrogen-bond donors (Lipinski definition) is 2. The second-order valence-corrected chi connectivity index (χ2v) is 5.72. The van der Waals surface area contributed by atoms with Crippen LogP contribution in [0, 0.1) is 20.2 Å². The number of phenolic OH excluding ortho intramolecular Hbond substituents is 1. The molecule has 2 aromatic carbocycles. The van der Waals surface area contributed by atoms with Crippen LogP contribution in [-0.2, 0) is 0 Å². The zero-order valence-corrected chi connectivity index (χ0v) is 14.1. The average Bonchev–Trinajstić information content (AvgIpc) is 2.56. The molecule has 0 saturated heterocycles. The van der Waals surface area contributed by atoms with E-state index in [-0.39, 0.29) is 20.8 Å². The van der Waals surface area contributed by atoms with Crippen LogP contribution in [0.3, 0.4) is 0 Å². The Labute approximate surface area is 154 Å². The van der Waals surface area contributed by atoms with E-state index in [1.54, 1.807) is 0 Å². The number of aromatic hydroxyl groups is 1. The summed E-state index contributed by atoms with van der Waals surface area (Å²) in [5.41, 5.74) is -1.85. The first-order valence-electron chi connectivity index (χ1n) is 6.24. The van der Waals surface area contributed by atoms with Crippen LogP contribution in [-0.4, -0.2) is 20.9 Å². The van der Waals surface area contributed by atoms with Gasteiger partial charge in [0.15, 0.2) is 5.75 Å². The molecule has 0 unspecified atom stereocenters. The molecule has 0 atom stereocenters. The molecule has 0 bridgehead atoms. The third-order valence-electron chi connectivity index (χ3n) is 3.02. The zero-order chi connectivity index (χ0) is 18.9. The number of carbonyl (C=O) groups is 1. The summed E-state index contributed by atoms with van der Waals surface area (Å²) in [6.45, 7) is 0. The SMILES string of the molecule is O=C(Nc1cc(Cl)c(O)c(Cl)c1Cl)c1ccc([N+](=O)[O-])cc1[N+](=O)[O-]. The van der Waals surface area contributed by atoms with Crippen molar-refractivity contribution < 1.29 is 19.7 Å². The highest BCUT2D eigenvalue weighted by Crippen LogP contribution is 2.42. The number of rotatable bonds is 4. The molecule has 0 fully saturated rings. The maximum Gasteiger partial charge on any atom is 0.289 e. The van der Waals surface area contributed by atoms with Gasteiger partial charge in [-0.25, -0.2) is 0 Å². The van der Waals surface area contributed by atoms with Gasteiger partial charge in [-0.1, -0.05) is 34.8 Å². The van der Waals surface area contributed by atoms with Crippen LogP contribution in [0.2, 0.25) is 15.1 Å². The second kappa shape index (κ2) is 7.09. The fourth-order valence-corrected chi connectivity index (χ4v) is 2.49. The number of carbonyl (C=O) groups excluding carboxylic acids is 1. The summed E-state index contributed by atoms with van der Waals surface area (Å²) in [5, 5.41) is 32.8. The van der Waals surface area contributed by atoms with Gasteiger partial charge >= 0.3 is 0 Å². The lowest BCUT2D eigenvalue weighted by Gasteiger charge is -2.11. The molecule has 0 aliphatic heterocycles. The average molecular weight is 407 g/mol. The standard InChI is InChI=1S/C13H6Cl3N3O6/c14-7-4-8(10(15)11(16)12(7)20)17-13(21)6-2-1-5(18(22)23)3-9(6)19(24)25/h1-4,20H,(H,17,21). The first-order valence-corrected chi connectivity index (χ1v) is 7.37. The van der Waals surface area contributed by atoms with Crippen molar-refractivity contribution in [1.29, 1.82) is 0 Å². The molecule has 1 amide bonds. The number of amides is 1. The number of hydrogen-bond acceptors (Lipinski definition) is 6. The summed E-state index contributed by atoms with van der Waals surface area (Å²) < 4.78 is 0. The molecule has 0 aliphatic rings. The van der Waals surface area contributed by atoms with Gasteiger partial charge in [-0.15, -0.1) is 0 Å². The number of non-ortho nitro benzene ring substituents is 1. The minimum Gasteiger partial charge on any atom is -0.505 e. The van der Waals surface area contributed by atoms with E-state index in [1.807, 2.05) is 0 Å². The van der Waals surface area contributed by atoms with Crippen molar-refractivity contribution in [3.8, 4) is 5.75 Å². The maximum absolute atomic E-state index is 12.3. The number of nitrogens with one attached hydrogen (secondary N) is 1. The molecule has 9 nitrogen and oxygen atoms in total. The molecule has 2 rings (SSSR count). The van der Waals surface area contributed by atoms with Gasteiger partial charge in [0.25, 0.3) is 17.3 Å². The number of halogens is 3. The quantitative estimate of drug-likeness (QED) is 0.334. The Bertz CT molecular complexity index is 918. The van der Waals surface area contributed by atoms with Gasteiger partial charge in [-0.2, -0.15) is 0 Å². The van der Waals surface area contributed by atoms with E-state index >= 15 is 0 Å². The molecular formula is C13H6Cl3N3O6. The van der Waals surface area contributed by atoms with Gasteiger partial charge < -0.3 is 10.4 Å². The van der Waals surface area contributed by atoms with Gasteiger partial charge in [0.2, 0.25) is 0 Å². The predicted octanol–water partition coefficient (Wildman–Crippen LogP) is 4.42. The summed E-state index contributed by atoms with van der Waals surface area (Å²) in [7, 11) is 0. The van der Waals surface area contributed by atoms with Gasteiger partial charge in [0, 0.05) is 6.07 Å². The topological polar surface area (TPSA) is 136 Å². The smallest absolute Gasteiger partial charge is 0.289 e. The van der Waals surface area contributed by atoms with Gasteiger partial charge in [-0.05, 0) is 12.1 Å². The molecule has 2 aromatic rings. The van der Waals surface area contributed by atoms with E-state index in [0.29, 0.717) is 6.07 Å². The second-order valence-electron chi connectivity index (χ2n) is 4.55. The monoisotopic (exact) mass is 405 g/mol. The minimum absolute atomic E-state index is 0.105. The largest absolute Gasteiger partial charge is 0.505 e. The molecule has 130 valence electrons. The first-order chi connectivity index (χ1) is 11.6. The number of benzene rings is 2. The molecule has 0 heterocycles. The summed E-state index contributed by atoms with van der Waals surface area (Å²) >= 11 is 17.4. The molecule has 0 radical (unpaired) electrons. The fraction of sp³-hybridized carbons (Fsp3) is 0. The fourth-order valence-electron chi connectivity index (χ4n) is 1.84. The summed E-state index contributed by atoms with van der Waals surface area (Å²) in [6.07, 6.45) is 0. The van der Waals surface area contributed by atoms with Crippen LogP contribution >= 0.6 is 34.8 Å². The van der Waals surface area contributed by atoms with E-state index in [9.17, 15) is 30.1 Å². The lowest BCUT2D eigenvalue weighted by Crippen LogP contribution is -2.14. The summed E-state index contributed by atoms with van der Waals surface area (Å²) in [5.74, 6) is -1.46. The van der Waals surface area contributed by atoms with E-state index in [0.717, 1.165) is 18.2 Å². The maximum atomic E-state index is 12.3. The van der Waals surface area contributed by atoms with Crippen molar-refractivity contribution in [3.05, 3.63) is 65.1 Å². The normalized spacial score (nSPS) is 10.4. The molecule has 0 spiro atoms.